The van der Waals surface area contributed by atoms with Crippen LogP contribution in [0.15, 0.2) is 24.3 Å². The smallest absolute Gasteiger partial charge is 0.336 e. The molecule has 5 heteroatoms. The number of carboxylic acid groups (broad SMARTS) is 1. The number of allylic oxidation sites excluding steroid dienone is 1. The van der Waals surface area contributed by atoms with Crippen molar-refractivity contribution in [2.45, 2.75) is 13.3 Å². The lowest BCUT2D eigenvalue weighted by atomic mass is 10.0. The maximum atomic E-state index is 11.0. The first-order valence-corrected chi connectivity index (χ1v) is 6.42. The third kappa shape index (κ3) is 4.25. The van der Waals surface area contributed by atoms with Crippen molar-refractivity contribution in [3.8, 4) is 0 Å². The molecule has 4 nitrogen and oxygen atoms in total. The average Bonchev–Trinajstić information content (AvgIpc) is 2.29. The molecule has 0 saturated heterocycles. The van der Waals surface area contributed by atoms with Gasteiger partial charge >= 0.3 is 5.97 Å². The summed E-state index contributed by atoms with van der Waals surface area (Å²) in [5.41, 5.74) is 6.88. The Kier molecular flexibility index (Phi) is 5.45. The third-order valence-electron chi connectivity index (χ3n) is 2.24. The number of hydrogen-bond acceptors (Lipinski definition) is 4. The van der Waals surface area contributed by atoms with E-state index >= 15 is 0 Å². The maximum absolute atomic E-state index is 11.0. The van der Waals surface area contributed by atoms with Crippen molar-refractivity contribution in [1.29, 1.82) is 0 Å². The van der Waals surface area contributed by atoms with E-state index in [0.29, 0.717) is 23.4 Å². The largest absolute Gasteiger partial charge is 0.478 e. The average molecular weight is 265 g/mol. The van der Waals surface area contributed by atoms with Gasteiger partial charge in [0.1, 0.15) is 0 Å². The summed E-state index contributed by atoms with van der Waals surface area (Å²) in [6, 6.07) is 4.79. The van der Waals surface area contributed by atoms with E-state index in [1.54, 1.807) is 18.2 Å². The molecule has 0 spiro atoms. The number of benzene rings is 1. The van der Waals surface area contributed by atoms with E-state index in [1.807, 2.05) is 6.08 Å². The minimum atomic E-state index is -1.000. The standard InChI is InChI=1S/C13H15NO3S/c1-9(15)18-8-3-2-5-10-11(13(16)17)6-4-7-12(10)14/h2,4-7H,3,8,14H2,1H3,(H,16,17). The number of anilines is 1. The van der Waals surface area contributed by atoms with E-state index in [-0.39, 0.29) is 10.7 Å². The van der Waals surface area contributed by atoms with E-state index in [1.165, 1.54) is 24.8 Å². The summed E-state index contributed by atoms with van der Waals surface area (Å²) in [4.78, 5) is 21.7. The second-order valence-electron chi connectivity index (χ2n) is 3.64. The van der Waals surface area contributed by atoms with Crippen LogP contribution in [0.5, 0.6) is 0 Å². The molecule has 1 aromatic carbocycles. The van der Waals surface area contributed by atoms with Crippen molar-refractivity contribution in [3.05, 3.63) is 35.4 Å². The first kappa shape index (κ1) is 14.3. The predicted octanol–water partition coefficient (Wildman–Crippen LogP) is 2.65. The summed E-state index contributed by atoms with van der Waals surface area (Å²) in [6.45, 7) is 1.52. The van der Waals surface area contributed by atoms with Crippen LogP contribution in [0.25, 0.3) is 6.08 Å². The van der Waals surface area contributed by atoms with Crippen molar-refractivity contribution in [2.24, 2.45) is 0 Å². The highest BCUT2D eigenvalue weighted by Gasteiger charge is 2.09. The number of thioether (sulfide) groups is 1. The summed E-state index contributed by atoms with van der Waals surface area (Å²) in [5, 5.41) is 9.11. The summed E-state index contributed by atoms with van der Waals surface area (Å²) in [5.74, 6) is -0.318. The van der Waals surface area contributed by atoms with Crippen LogP contribution in [-0.4, -0.2) is 21.9 Å². The van der Waals surface area contributed by atoms with Crippen LogP contribution < -0.4 is 5.73 Å². The lowest BCUT2D eigenvalue weighted by molar-refractivity contribution is -0.109. The van der Waals surface area contributed by atoms with Gasteiger partial charge in [-0.05, 0) is 18.6 Å². The van der Waals surface area contributed by atoms with E-state index < -0.39 is 5.97 Å². The third-order valence-corrected chi connectivity index (χ3v) is 3.09. The SMILES string of the molecule is CC(=O)SCCC=Cc1c(N)cccc1C(=O)O. The Bertz CT molecular complexity index is 483. The number of hydrogen-bond donors (Lipinski definition) is 2. The Morgan fingerprint density at radius 2 is 2.17 bits per heavy atom. The van der Waals surface area contributed by atoms with Crippen molar-refractivity contribution >= 4 is 34.6 Å². The van der Waals surface area contributed by atoms with Gasteiger partial charge < -0.3 is 10.8 Å². The quantitative estimate of drug-likeness (QED) is 0.632. The van der Waals surface area contributed by atoms with Gasteiger partial charge in [0.05, 0.1) is 5.56 Å². The molecule has 0 aliphatic heterocycles. The number of rotatable bonds is 5. The van der Waals surface area contributed by atoms with Crippen LogP contribution in [0.1, 0.15) is 29.3 Å². The maximum Gasteiger partial charge on any atom is 0.336 e. The van der Waals surface area contributed by atoms with Gasteiger partial charge in [-0.25, -0.2) is 4.79 Å². The zero-order chi connectivity index (χ0) is 13.5. The first-order chi connectivity index (χ1) is 8.52. The molecule has 0 bridgehead atoms. The van der Waals surface area contributed by atoms with Crippen LogP contribution in [0.3, 0.4) is 0 Å². The Balaban J connectivity index is 2.74. The Morgan fingerprint density at radius 3 is 2.78 bits per heavy atom. The van der Waals surface area contributed by atoms with Crippen molar-refractivity contribution in [3.63, 3.8) is 0 Å². The molecule has 0 aromatic heterocycles. The Morgan fingerprint density at radius 1 is 1.44 bits per heavy atom. The lowest BCUT2D eigenvalue weighted by Gasteiger charge is -2.04. The number of nitrogens with two attached hydrogens (primary N) is 1. The summed E-state index contributed by atoms with van der Waals surface area (Å²) in [6.07, 6.45) is 4.21. The molecule has 0 saturated carbocycles. The predicted molar refractivity (Wildman–Crippen MR) is 74.6 cm³/mol. The molecule has 18 heavy (non-hydrogen) atoms. The van der Waals surface area contributed by atoms with Gasteiger partial charge in [0.2, 0.25) is 0 Å². The zero-order valence-corrected chi connectivity index (χ0v) is 10.9. The highest BCUT2D eigenvalue weighted by atomic mass is 32.2. The Hall–Kier alpha value is -1.75. The molecule has 96 valence electrons. The molecular formula is C13H15NO3S. The van der Waals surface area contributed by atoms with Crippen LogP contribution in [0.2, 0.25) is 0 Å². The second-order valence-corrected chi connectivity index (χ2v) is 4.92. The molecule has 0 radical (unpaired) electrons. The molecule has 0 aliphatic rings. The van der Waals surface area contributed by atoms with Gasteiger partial charge in [0.15, 0.2) is 5.12 Å². The van der Waals surface area contributed by atoms with Crippen LogP contribution in [-0.2, 0) is 4.79 Å². The fourth-order valence-corrected chi connectivity index (χ4v) is 1.97. The molecule has 0 unspecified atom stereocenters. The van der Waals surface area contributed by atoms with E-state index in [0.717, 1.165) is 0 Å². The molecule has 1 aromatic rings. The fourth-order valence-electron chi connectivity index (χ4n) is 1.43. The molecule has 3 N–H and O–H groups in total. The number of carboxylic acids is 1. The van der Waals surface area contributed by atoms with Gasteiger partial charge in [-0.2, -0.15) is 0 Å². The van der Waals surface area contributed by atoms with Crippen molar-refractivity contribution in [1.82, 2.24) is 0 Å². The van der Waals surface area contributed by atoms with Crippen molar-refractivity contribution in [2.75, 3.05) is 11.5 Å². The monoisotopic (exact) mass is 265 g/mol. The number of nitrogen functional groups attached to an aromatic ring is 1. The van der Waals surface area contributed by atoms with Gasteiger partial charge in [-0.15, -0.1) is 0 Å². The zero-order valence-electron chi connectivity index (χ0n) is 10.1. The topological polar surface area (TPSA) is 80.4 Å². The highest BCUT2D eigenvalue weighted by Crippen LogP contribution is 2.19. The molecule has 0 atom stereocenters. The van der Waals surface area contributed by atoms with E-state index in [2.05, 4.69) is 0 Å². The lowest BCUT2D eigenvalue weighted by Crippen LogP contribution is -2.02. The summed E-state index contributed by atoms with van der Waals surface area (Å²) >= 11 is 1.24. The normalized spacial score (nSPS) is 10.7. The van der Waals surface area contributed by atoms with Crippen molar-refractivity contribution < 1.29 is 14.7 Å². The molecule has 1 rings (SSSR count). The minimum Gasteiger partial charge on any atom is -0.478 e. The number of aromatic carboxylic acids is 1. The fraction of sp³-hybridized carbons (Fsp3) is 0.231. The van der Waals surface area contributed by atoms with Gasteiger partial charge in [-0.3, -0.25) is 4.79 Å². The molecule has 0 amide bonds. The van der Waals surface area contributed by atoms with Gasteiger partial charge in [-0.1, -0.05) is 30.0 Å². The van der Waals surface area contributed by atoms with Gasteiger partial charge in [0, 0.05) is 23.9 Å². The Labute approximate surface area is 110 Å². The highest BCUT2D eigenvalue weighted by molar-refractivity contribution is 8.13. The van der Waals surface area contributed by atoms with Crippen LogP contribution >= 0.6 is 11.8 Å². The summed E-state index contributed by atoms with van der Waals surface area (Å²) in [7, 11) is 0. The van der Waals surface area contributed by atoms with Crippen LogP contribution in [0.4, 0.5) is 5.69 Å². The first-order valence-electron chi connectivity index (χ1n) is 5.44. The second kappa shape index (κ2) is 6.86. The minimum absolute atomic E-state index is 0.0776. The van der Waals surface area contributed by atoms with Gasteiger partial charge in [0.25, 0.3) is 0 Å². The molecule has 0 fully saturated rings. The van der Waals surface area contributed by atoms with E-state index in [9.17, 15) is 9.59 Å². The summed E-state index contributed by atoms with van der Waals surface area (Å²) < 4.78 is 0. The molecule has 0 aliphatic carbocycles. The number of carbonyl (C=O) groups is 2. The van der Waals surface area contributed by atoms with E-state index in [4.69, 9.17) is 10.8 Å². The molecule has 0 heterocycles. The van der Waals surface area contributed by atoms with Crippen LogP contribution in [0, 0.1) is 0 Å². The molecular weight excluding hydrogens is 250 g/mol. The number of carbonyl (C=O) groups excluding carboxylic acids is 1.